The van der Waals surface area contributed by atoms with Gasteiger partial charge in [0.15, 0.2) is 0 Å². The van der Waals surface area contributed by atoms with Gasteiger partial charge in [0.25, 0.3) is 10.0 Å². The van der Waals surface area contributed by atoms with E-state index in [9.17, 15) is 12.8 Å². The highest BCUT2D eigenvalue weighted by Crippen LogP contribution is 2.28. The first kappa shape index (κ1) is 12.5. The van der Waals surface area contributed by atoms with Crippen molar-refractivity contribution in [2.24, 2.45) is 0 Å². The molecule has 0 unspecified atom stereocenters. The smallest absolute Gasteiger partial charge is 0.271 e. The molecule has 90 valence electrons. The van der Waals surface area contributed by atoms with Crippen LogP contribution in [0.15, 0.2) is 44.4 Å². The lowest BCUT2D eigenvalue weighted by Gasteiger charge is -2.06. The molecule has 2 rings (SSSR count). The van der Waals surface area contributed by atoms with E-state index < -0.39 is 15.8 Å². The topological polar surface area (TPSA) is 46.2 Å². The van der Waals surface area contributed by atoms with E-state index in [4.69, 9.17) is 0 Å². The first-order valence-corrected chi connectivity index (χ1v) is 7.61. The maximum Gasteiger partial charge on any atom is 0.271 e. The molecule has 0 atom stereocenters. The maximum absolute atomic E-state index is 13.3. The van der Waals surface area contributed by atoms with Crippen LogP contribution >= 0.6 is 27.3 Å². The van der Waals surface area contributed by atoms with Crippen LogP contribution < -0.4 is 4.72 Å². The van der Waals surface area contributed by atoms with Crippen molar-refractivity contribution in [3.05, 3.63) is 46.0 Å². The average Bonchev–Trinajstić information content (AvgIpc) is 2.69. The molecule has 0 bridgehead atoms. The zero-order valence-corrected chi connectivity index (χ0v) is 11.6. The predicted octanol–water partition coefficient (Wildman–Crippen LogP) is 3.45. The molecule has 0 aliphatic heterocycles. The Balaban J connectivity index is 2.33. The van der Waals surface area contributed by atoms with Gasteiger partial charge in [-0.3, -0.25) is 4.72 Å². The van der Waals surface area contributed by atoms with Gasteiger partial charge in [-0.2, -0.15) is 0 Å². The fourth-order valence-electron chi connectivity index (χ4n) is 1.18. The van der Waals surface area contributed by atoms with E-state index in [1.807, 2.05) is 0 Å². The average molecular weight is 336 g/mol. The Morgan fingerprint density at radius 2 is 1.88 bits per heavy atom. The first-order valence-electron chi connectivity index (χ1n) is 4.52. The van der Waals surface area contributed by atoms with Gasteiger partial charge in [0.2, 0.25) is 0 Å². The maximum atomic E-state index is 13.3. The number of sulfonamides is 1. The van der Waals surface area contributed by atoms with Gasteiger partial charge >= 0.3 is 0 Å². The molecule has 1 aromatic heterocycles. The number of halogens is 2. The third-order valence-electron chi connectivity index (χ3n) is 1.93. The molecular weight excluding hydrogens is 329 g/mol. The van der Waals surface area contributed by atoms with Crippen molar-refractivity contribution < 1.29 is 12.8 Å². The standard InChI is InChI=1S/C10H7BrFNO2S2/c11-9-5-6-10(16-9)17(14,15)13-8-4-2-1-3-7(8)12/h1-6,13H. The van der Waals surface area contributed by atoms with E-state index >= 15 is 0 Å². The number of benzene rings is 1. The molecule has 0 saturated carbocycles. The summed E-state index contributed by atoms with van der Waals surface area (Å²) in [5.74, 6) is -0.605. The van der Waals surface area contributed by atoms with Gasteiger partial charge in [0, 0.05) is 0 Å². The van der Waals surface area contributed by atoms with Crippen LogP contribution in [0, 0.1) is 5.82 Å². The van der Waals surface area contributed by atoms with Crippen LogP contribution in [0.1, 0.15) is 0 Å². The van der Waals surface area contributed by atoms with Crippen LogP contribution in [0.25, 0.3) is 0 Å². The lowest BCUT2D eigenvalue weighted by molar-refractivity contribution is 0.600. The van der Waals surface area contributed by atoms with Crippen LogP contribution in [0.4, 0.5) is 10.1 Å². The minimum atomic E-state index is -3.72. The molecule has 1 aromatic carbocycles. The van der Waals surface area contributed by atoms with Crippen LogP contribution in [-0.4, -0.2) is 8.42 Å². The Bertz CT molecular complexity index is 639. The molecule has 0 spiro atoms. The second kappa shape index (κ2) is 4.75. The molecule has 0 radical (unpaired) electrons. The third-order valence-corrected chi connectivity index (χ3v) is 5.41. The van der Waals surface area contributed by atoms with E-state index in [0.29, 0.717) is 3.79 Å². The minimum Gasteiger partial charge on any atom is -0.276 e. The molecule has 0 saturated heterocycles. The predicted molar refractivity (Wildman–Crippen MR) is 69.2 cm³/mol. The summed E-state index contributed by atoms with van der Waals surface area (Å²) in [5.41, 5.74) is -0.0583. The Hall–Kier alpha value is -0.920. The number of para-hydroxylation sites is 1. The van der Waals surface area contributed by atoms with Gasteiger partial charge in [-0.1, -0.05) is 12.1 Å². The second-order valence-corrected chi connectivity index (χ2v) is 7.52. The highest BCUT2D eigenvalue weighted by molar-refractivity contribution is 9.11. The van der Waals surface area contributed by atoms with Gasteiger partial charge in [-0.05, 0) is 40.2 Å². The van der Waals surface area contributed by atoms with E-state index in [2.05, 4.69) is 20.7 Å². The fourth-order valence-corrected chi connectivity index (χ4v) is 4.26. The van der Waals surface area contributed by atoms with Crippen LogP contribution in [0.5, 0.6) is 0 Å². The SMILES string of the molecule is O=S(=O)(Nc1ccccc1F)c1ccc(Br)s1. The summed E-state index contributed by atoms with van der Waals surface area (Å²) < 4.78 is 40.1. The fraction of sp³-hybridized carbons (Fsp3) is 0. The van der Waals surface area contributed by atoms with E-state index in [1.54, 1.807) is 12.1 Å². The van der Waals surface area contributed by atoms with Crippen molar-refractivity contribution in [3.63, 3.8) is 0 Å². The Labute approximate surface area is 110 Å². The molecule has 0 aliphatic rings. The van der Waals surface area contributed by atoms with Crippen LogP contribution in [-0.2, 0) is 10.0 Å². The zero-order valence-electron chi connectivity index (χ0n) is 8.35. The number of nitrogens with one attached hydrogen (secondary N) is 1. The summed E-state index contributed by atoms with van der Waals surface area (Å²) in [6, 6.07) is 8.70. The van der Waals surface area contributed by atoms with Crippen molar-refractivity contribution in [1.82, 2.24) is 0 Å². The zero-order chi connectivity index (χ0) is 12.5. The number of thiophene rings is 1. The molecule has 0 fully saturated rings. The second-order valence-electron chi connectivity index (χ2n) is 3.14. The molecule has 7 heteroatoms. The third kappa shape index (κ3) is 2.85. The van der Waals surface area contributed by atoms with Crippen LogP contribution in [0.3, 0.4) is 0 Å². The highest BCUT2D eigenvalue weighted by Gasteiger charge is 2.17. The minimum absolute atomic E-state index is 0.0583. The van der Waals surface area contributed by atoms with E-state index in [1.165, 1.54) is 24.3 Å². The number of hydrogen-bond acceptors (Lipinski definition) is 3. The first-order chi connectivity index (χ1) is 7.99. The molecule has 0 aliphatic carbocycles. The molecule has 1 N–H and O–H groups in total. The summed E-state index contributed by atoms with van der Waals surface area (Å²) in [6.07, 6.45) is 0. The normalized spacial score (nSPS) is 11.4. The lowest BCUT2D eigenvalue weighted by Crippen LogP contribution is -2.12. The molecule has 2 aromatic rings. The van der Waals surface area contributed by atoms with Crippen molar-refractivity contribution in [1.29, 1.82) is 0 Å². The molecule has 17 heavy (non-hydrogen) atoms. The Kier molecular flexibility index (Phi) is 3.50. The van der Waals surface area contributed by atoms with Gasteiger partial charge in [-0.15, -0.1) is 11.3 Å². The number of anilines is 1. The van der Waals surface area contributed by atoms with Crippen LogP contribution in [0.2, 0.25) is 0 Å². The quantitative estimate of drug-likeness (QED) is 0.933. The Morgan fingerprint density at radius 1 is 1.18 bits per heavy atom. The van der Waals surface area contributed by atoms with Crippen molar-refractivity contribution in [2.75, 3.05) is 4.72 Å². The van der Waals surface area contributed by atoms with E-state index in [-0.39, 0.29) is 9.90 Å². The van der Waals surface area contributed by atoms with Crippen molar-refractivity contribution in [3.8, 4) is 0 Å². The van der Waals surface area contributed by atoms with E-state index in [0.717, 1.165) is 11.3 Å². The molecule has 3 nitrogen and oxygen atoms in total. The molecule has 1 heterocycles. The van der Waals surface area contributed by atoms with Gasteiger partial charge in [0.1, 0.15) is 10.0 Å². The summed E-state index contributed by atoms with van der Waals surface area (Å²) >= 11 is 4.24. The summed E-state index contributed by atoms with van der Waals surface area (Å²) in [5, 5.41) is 0. The lowest BCUT2D eigenvalue weighted by atomic mass is 10.3. The molecular formula is C10H7BrFNO2S2. The largest absolute Gasteiger partial charge is 0.276 e. The van der Waals surface area contributed by atoms with Gasteiger partial charge in [-0.25, -0.2) is 12.8 Å². The van der Waals surface area contributed by atoms with Crippen molar-refractivity contribution >= 4 is 43.0 Å². The van der Waals surface area contributed by atoms with Gasteiger partial charge in [0.05, 0.1) is 9.47 Å². The summed E-state index contributed by atoms with van der Waals surface area (Å²) in [7, 11) is -3.72. The number of rotatable bonds is 3. The van der Waals surface area contributed by atoms with Crippen molar-refractivity contribution in [2.45, 2.75) is 4.21 Å². The highest BCUT2D eigenvalue weighted by atomic mass is 79.9. The Morgan fingerprint density at radius 3 is 2.47 bits per heavy atom. The van der Waals surface area contributed by atoms with Gasteiger partial charge < -0.3 is 0 Å². The summed E-state index contributed by atoms with van der Waals surface area (Å²) in [4.78, 5) is 0. The monoisotopic (exact) mass is 335 g/mol. The molecule has 0 amide bonds. The number of hydrogen-bond donors (Lipinski definition) is 1. The summed E-state index contributed by atoms with van der Waals surface area (Å²) in [6.45, 7) is 0.